The minimum atomic E-state index is -0.200. The number of nitrogens with one attached hydrogen (secondary N) is 1. The van der Waals surface area contributed by atoms with Crippen LogP contribution in [-0.2, 0) is 0 Å². The molecule has 0 fully saturated rings. The zero-order valence-corrected chi connectivity index (χ0v) is 13.8. The fourth-order valence-corrected chi connectivity index (χ4v) is 3.09. The van der Waals surface area contributed by atoms with Crippen LogP contribution in [0.3, 0.4) is 0 Å². The van der Waals surface area contributed by atoms with E-state index in [1.807, 2.05) is 30.3 Å². The Morgan fingerprint density at radius 1 is 1.12 bits per heavy atom. The fourth-order valence-electron chi connectivity index (χ4n) is 2.20. The maximum absolute atomic E-state index is 12.3. The highest BCUT2D eigenvalue weighted by Crippen LogP contribution is 2.13. The van der Waals surface area contributed by atoms with Gasteiger partial charge in [-0.05, 0) is 23.8 Å². The minimum Gasteiger partial charge on any atom is -0.497 e. The van der Waals surface area contributed by atoms with Crippen LogP contribution in [-0.4, -0.2) is 17.9 Å². The van der Waals surface area contributed by atoms with Crippen molar-refractivity contribution in [1.82, 2.24) is 4.98 Å². The molecule has 0 saturated carbocycles. The lowest BCUT2D eigenvalue weighted by Gasteiger charge is -2.00. The summed E-state index contributed by atoms with van der Waals surface area (Å²) in [5, 5.41) is 0. The molecule has 0 bridgehead atoms. The predicted molar refractivity (Wildman–Crippen MR) is 96.0 cm³/mol. The van der Waals surface area contributed by atoms with Gasteiger partial charge in [-0.15, -0.1) is 11.3 Å². The summed E-state index contributed by atoms with van der Waals surface area (Å²) in [5.74, 6) is 0.435. The number of ketones is 1. The smallest absolute Gasteiger partial charge is 0.266 e. The van der Waals surface area contributed by atoms with E-state index in [0.29, 0.717) is 20.5 Å². The highest BCUT2D eigenvalue weighted by Gasteiger charge is 2.04. The third kappa shape index (κ3) is 3.70. The number of carbonyl (C=O) groups is 1. The number of hydrogen-bond acceptors (Lipinski definition) is 4. The summed E-state index contributed by atoms with van der Waals surface area (Å²) < 4.78 is 6.20. The molecule has 0 unspecified atom stereocenters. The van der Waals surface area contributed by atoms with Crippen LogP contribution >= 0.6 is 11.3 Å². The number of Topliss-reactive ketones (excluding diaryl/α,β-unsaturated/α-hetero) is 1. The first kappa shape index (κ1) is 16.0. The number of carbonyl (C=O) groups excluding carboxylic acids is 1. The summed E-state index contributed by atoms with van der Waals surface area (Å²) in [6.45, 7) is 0. The zero-order chi connectivity index (χ0) is 16.9. The summed E-state index contributed by atoms with van der Waals surface area (Å²) in [7, 11) is 1.55. The number of benzene rings is 2. The maximum atomic E-state index is 12.3. The van der Waals surface area contributed by atoms with Crippen LogP contribution in [0.5, 0.6) is 5.75 Å². The molecule has 0 saturated heterocycles. The Morgan fingerprint density at radius 3 is 2.67 bits per heavy atom. The van der Waals surface area contributed by atoms with E-state index in [1.165, 1.54) is 17.4 Å². The van der Waals surface area contributed by atoms with Gasteiger partial charge in [-0.25, -0.2) is 0 Å². The maximum Gasteiger partial charge on any atom is 0.266 e. The Bertz CT molecular complexity index is 1030. The van der Waals surface area contributed by atoms with Crippen LogP contribution in [0, 0.1) is 0 Å². The van der Waals surface area contributed by atoms with Gasteiger partial charge in [-0.2, -0.15) is 0 Å². The molecule has 0 aliphatic carbocycles. The molecule has 1 aromatic heterocycles. The Morgan fingerprint density at radius 2 is 1.92 bits per heavy atom. The van der Waals surface area contributed by atoms with Crippen molar-refractivity contribution in [3.63, 3.8) is 0 Å². The van der Waals surface area contributed by atoms with Gasteiger partial charge in [0.25, 0.3) is 5.56 Å². The lowest BCUT2D eigenvalue weighted by Crippen LogP contribution is -2.19. The molecule has 120 valence electrons. The number of aromatic amines is 1. The fraction of sp³-hybridized carbons (Fsp3) is 0.0526. The molecule has 0 aliphatic rings. The quantitative estimate of drug-likeness (QED) is 0.740. The van der Waals surface area contributed by atoms with Crippen molar-refractivity contribution in [3.8, 4) is 5.75 Å². The zero-order valence-electron chi connectivity index (χ0n) is 13.0. The van der Waals surface area contributed by atoms with Gasteiger partial charge in [0.15, 0.2) is 5.78 Å². The number of methoxy groups -OCH3 is 1. The van der Waals surface area contributed by atoms with E-state index in [1.54, 1.807) is 37.5 Å². The standard InChI is InChI=1S/C19H15NO3S/c1-23-15-9-5-8-14(11-15)16(21)12-18-20-19(22)17(24-18)10-13-6-3-2-4-7-13/h2-12H,1H3,(H,20,22)/b17-10+,18-12-. The summed E-state index contributed by atoms with van der Waals surface area (Å²) in [6, 6.07) is 16.5. The highest BCUT2D eigenvalue weighted by molar-refractivity contribution is 7.07. The van der Waals surface area contributed by atoms with E-state index in [4.69, 9.17) is 4.74 Å². The van der Waals surface area contributed by atoms with Crippen LogP contribution in [0.1, 0.15) is 15.9 Å². The van der Waals surface area contributed by atoms with Crippen LogP contribution < -0.4 is 19.5 Å². The molecule has 0 atom stereocenters. The second-order valence-electron chi connectivity index (χ2n) is 5.08. The van der Waals surface area contributed by atoms with Crippen molar-refractivity contribution in [2.24, 2.45) is 0 Å². The molecule has 2 aromatic carbocycles. The molecule has 0 amide bonds. The van der Waals surface area contributed by atoms with E-state index < -0.39 is 0 Å². The molecule has 5 heteroatoms. The second-order valence-corrected chi connectivity index (χ2v) is 6.16. The highest BCUT2D eigenvalue weighted by atomic mass is 32.1. The average Bonchev–Trinajstić information content (AvgIpc) is 2.95. The van der Waals surface area contributed by atoms with Crippen molar-refractivity contribution in [1.29, 1.82) is 0 Å². The summed E-state index contributed by atoms with van der Waals surface area (Å²) in [6.07, 6.45) is 3.24. The van der Waals surface area contributed by atoms with Gasteiger partial charge in [0, 0.05) is 11.6 Å². The Balaban J connectivity index is 1.97. The summed E-state index contributed by atoms with van der Waals surface area (Å²) >= 11 is 1.26. The first-order valence-corrected chi connectivity index (χ1v) is 8.13. The van der Waals surface area contributed by atoms with E-state index in [-0.39, 0.29) is 11.3 Å². The van der Waals surface area contributed by atoms with Gasteiger partial charge < -0.3 is 9.72 Å². The van der Waals surface area contributed by atoms with Crippen LogP contribution in [0.25, 0.3) is 12.2 Å². The molecule has 0 spiro atoms. The minimum absolute atomic E-state index is 0.183. The van der Waals surface area contributed by atoms with Crippen molar-refractivity contribution >= 4 is 29.3 Å². The Labute approximate surface area is 142 Å². The van der Waals surface area contributed by atoms with Gasteiger partial charge >= 0.3 is 0 Å². The van der Waals surface area contributed by atoms with Gasteiger partial charge in [0.1, 0.15) is 5.75 Å². The van der Waals surface area contributed by atoms with Gasteiger partial charge in [-0.3, -0.25) is 9.59 Å². The first-order valence-electron chi connectivity index (χ1n) is 7.32. The third-order valence-corrected chi connectivity index (χ3v) is 4.36. The molecule has 3 rings (SSSR count). The summed E-state index contributed by atoms with van der Waals surface area (Å²) in [5.41, 5.74) is 1.25. The van der Waals surface area contributed by atoms with Gasteiger partial charge in [0.2, 0.25) is 0 Å². The van der Waals surface area contributed by atoms with Crippen molar-refractivity contribution < 1.29 is 9.53 Å². The molecule has 0 aliphatic heterocycles. The van der Waals surface area contributed by atoms with Crippen molar-refractivity contribution in [3.05, 3.63) is 85.3 Å². The predicted octanol–water partition coefficient (Wildman–Crippen LogP) is 1.94. The molecular formula is C19H15NO3S. The number of hydrogen-bond donors (Lipinski definition) is 1. The molecule has 3 aromatic rings. The first-order chi connectivity index (χ1) is 11.7. The second kappa shape index (κ2) is 7.10. The monoisotopic (exact) mass is 337 g/mol. The van der Waals surface area contributed by atoms with Crippen molar-refractivity contribution in [2.75, 3.05) is 7.11 Å². The number of thiazole rings is 1. The summed E-state index contributed by atoms with van der Waals surface area (Å²) in [4.78, 5) is 27.1. The molecule has 4 nitrogen and oxygen atoms in total. The molecule has 24 heavy (non-hydrogen) atoms. The number of aromatic nitrogens is 1. The van der Waals surface area contributed by atoms with E-state index in [9.17, 15) is 9.59 Å². The number of rotatable bonds is 4. The van der Waals surface area contributed by atoms with Gasteiger partial charge in [0.05, 0.1) is 16.3 Å². The lowest BCUT2D eigenvalue weighted by atomic mass is 10.1. The number of ether oxygens (including phenoxy) is 1. The third-order valence-electron chi connectivity index (χ3n) is 3.39. The molecule has 1 N–H and O–H groups in total. The largest absolute Gasteiger partial charge is 0.497 e. The number of H-pyrrole nitrogens is 1. The van der Waals surface area contributed by atoms with Crippen LogP contribution in [0.4, 0.5) is 0 Å². The normalized spacial score (nSPS) is 12.4. The molecule has 0 radical (unpaired) electrons. The van der Waals surface area contributed by atoms with Gasteiger partial charge in [-0.1, -0.05) is 42.5 Å². The average molecular weight is 337 g/mol. The van der Waals surface area contributed by atoms with Crippen molar-refractivity contribution in [2.45, 2.75) is 0 Å². The Hall–Kier alpha value is -2.92. The SMILES string of the molecule is COc1cccc(C(=O)/C=c2/[nH]c(=O)/c(=C\c3ccccc3)s2)c1. The van der Waals surface area contributed by atoms with E-state index in [2.05, 4.69) is 4.98 Å². The lowest BCUT2D eigenvalue weighted by molar-refractivity contribution is 0.106. The molecular weight excluding hydrogens is 322 g/mol. The Kier molecular flexibility index (Phi) is 4.72. The van der Waals surface area contributed by atoms with Crippen LogP contribution in [0.2, 0.25) is 0 Å². The topological polar surface area (TPSA) is 59.2 Å². The van der Waals surface area contributed by atoms with Crippen LogP contribution in [0.15, 0.2) is 59.4 Å². The van der Waals surface area contributed by atoms with E-state index in [0.717, 1.165) is 5.56 Å². The van der Waals surface area contributed by atoms with E-state index >= 15 is 0 Å². The molecule has 1 heterocycles.